The summed E-state index contributed by atoms with van der Waals surface area (Å²) in [5.74, 6) is -0.854. The van der Waals surface area contributed by atoms with Crippen LogP contribution in [0.2, 0.25) is 0 Å². The van der Waals surface area contributed by atoms with E-state index in [0.29, 0.717) is 6.61 Å². The Morgan fingerprint density at radius 3 is 1.06 bits per heavy atom. The number of rotatable bonds is 40. The summed E-state index contributed by atoms with van der Waals surface area (Å²) >= 11 is 5.35. The van der Waals surface area contributed by atoms with E-state index in [2.05, 4.69) is 20.8 Å². The molecule has 0 heterocycles. The Hall–Kier alpha value is -0.300. The lowest BCUT2D eigenvalue weighted by Crippen LogP contribution is -2.46. The number of unbranched alkanes of at least 4 members (excludes halogenated alkanes) is 27. The van der Waals surface area contributed by atoms with Gasteiger partial charge in [0.15, 0.2) is 0 Å². The van der Waals surface area contributed by atoms with Crippen molar-refractivity contribution in [3.05, 3.63) is 0 Å². The zero-order valence-corrected chi connectivity index (χ0v) is 34.7. The van der Waals surface area contributed by atoms with Crippen molar-refractivity contribution >= 4 is 18.6 Å². The maximum Gasteiger partial charge on any atom is 0.310 e. The summed E-state index contributed by atoms with van der Waals surface area (Å²) in [6.45, 7) is 6.06. The molecule has 0 aromatic carbocycles. The van der Waals surface area contributed by atoms with Crippen LogP contribution in [0.1, 0.15) is 233 Å². The predicted octanol–water partition coefficient (Wildman–Crippen LogP) is 12.7. The minimum Gasteiger partial charge on any atom is -0.465 e. The van der Waals surface area contributed by atoms with E-state index in [0.717, 1.165) is 51.4 Å². The van der Waals surface area contributed by atoms with Gasteiger partial charge in [-0.15, -0.1) is 0 Å². The van der Waals surface area contributed by atoms with Crippen LogP contribution >= 0.6 is 12.6 Å². The van der Waals surface area contributed by atoms with E-state index in [-0.39, 0.29) is 32.2 Å². The lowest BCUT2D eigenvalue weighted by Gasteiger charge is -2.40. The lowest BCUT2D eigenvalue weighted by atomic mass is 9.72. The largest absolute Gasteiger partial charge is 0.465 e. The van der Waals surface area contributed by atoms with Gasteiger partial charge in [-0.1, -0.05) is 207 Å². The van der Waals surface area contributed by atoms with Crippen LogP contribution in [0.5, 0.6) is 0 Å². The SMILES string of the molecule is CCCCCCCCCCCCOC(=O)C(CC(CO)(CO)CO)C(S)(CCCCCCCCCCCC)CCCCCCCCCCCC. The molecule has 0 rings (SSSR count). The Morgan fingerprint density at radius 1 is 0.480 bits per heavy atom. The van der Waals surface area contributed by atoms with Crippen molar-refractivity contribution in [3.8, 4) is 0 Å². The number of ether oxygens (including phenoxy) is 1. The van der Waals surface area contributed by atoms with Crippen molar-refractivity contribution < 1.29 is 24.9 Å². The molecule has 0 radical (unpaired) electrons. The first-order valence-electron chi connectivity index (χ1n) is 22.1. The second-order valence-electron chi connectivity index (χ2n) is 16.0. The van der Waals surface area contributed by atoms with E-state index < -0.39 is 16.1 Å². The summed E-state index contributed by atoms with van der Waals surface area (Å²) in [6, 6.07) is 0. The molecule has 0 aromatic rings. The van der Waals surface area contributed by atoms with Gasteiger partial charge in [-0.05, 0) is 25.7 Å². The summed E-state index contributed by atoms with van der Waals surface area (Å²) in [7, 11) is 0. The Morgan fingerprint density at radius 2 is 0.760 bits per heavy atom. The van der Waals surface area contributed by atoms with Gasteiger partial charge in [-0.3, -0.25) is 4.79 Å². The summed E-state index contributed by atoms with van der Waals surface area (Å²) in [4.78, 5) is 13.9. The fourth-order valence-electron chi connectivity index (χ4n) is 7.44. The molecule has 0 aromatic heterocycles. The Labute approximate surface area is 317 Å². The van der Waals surface area contributed by atoms with Gasteiger partial charge in [-0.25, -0.2) is 0 Å². The van der Waals surface area contributed by atoms with E-state index >= 15 is 0 Å². The monoisotopic (exact) mass is 729 g/mol. The van der Waals surface area contributed by atoms with Crippen molar-refractivity contribution in [1.29, 1.82) is 0 Å². The summed E-state index contributed by atoms with van der Waals surface area (Å²) in [6.07, 6.45) is 39.2. The van der Waals surface area contributed by atoms with Gasteiger partial charge in [-0.2, -0.15) is 12.6 Å². The Kier molecular flexibility index (Phi) is 35.5. The first-order chi connectivity index (χ1) is 24.4. The van der Waals surface area contributed by atoms with Crippen LogP contribution in [0.3, 0.4) is 0 Å². The molecule has 5 nitrogen and oxygen atoms in total. The minimum atomic E-state index is -1.13. The number of carbonyl (C=O) groups is 1. The highest BCUT2D eigenvalue weighted by atomic mass is 32.1. The predicted molar refractivity (Wildman–Crippen MR) is 219 cm³/mol. The number of esters is 1. The highest BCUT2D eigenvalue weighted by molar-refractivity contribution is 7.81. The van der Waals surface area contributed by atoms with E-state index in [9.17, 15) is 20.1 Å². The zero-order valence-electron chi connectivity index (χ0n) is 33.8. The highest BCUT2D eigenvalue weighted by Gasteiger charge is 2.45. The first kappa shape index (κ1) is 49.7. The van der Waals surface area contributed by atoms with Gasteiger partial charge in [0.25, 0.3) is 0 Å². The molecule has 0 aliphatic carbocycles. The lowest BCUT2D eigenvalue weighted by molar-refractivity contribution is -0.153. The molecule has 0 spiro atoms. The molecule has 1 atom stereocenters. The molecule has 6 heteroatoms. The molecule has 0 amide bonds. The number of aliphatic hydroxyl groups is 3. The van der Waals surface area contributed by atoms with Crippen LogP contribution in [0.4, 0.5) is 0 Å². The fourth-order valence-corrected chi connectivity index (χ4v) is 7.96. The van der Waals surface area contributed by atoms with E-state index in [4.69, 9.17) is 17.4 Å². The molecular weight excluding hydrogens is 641 g/mol. The maximum atomic E-state index is 13.9. The Bertz CT molecular complexity index is 680. The van der Waals surface area contributed by atoms with Crippen LogP contribution in [-0.2, 0) is 9.53 Å². The molecule has 3 N–H and O–H groups in total. The third kappa shape index (κ3) is 26.5. The zero-order chi connectivity index (χ0) is 37.0. The molecule has 300 valence electrons. The molecule has 50 heavy (non-hydrogen) atoms. The van der Waals surface area contributed by atoms with Gasteiger partial charge in [0.1, 0.15) is 0 Å². The van der Waals surface area contributed by atoms with Crippen molar-refractivity contribution in [1.82, 2.24) is 0 Å². The third-order valence-corrected chi connectivity index (χ3v) is 12.0. The average molecular weight is 729 g/mol. The van der Waals surface area contributed by atoms with Crippen LogP contribution in [0, 0.1) is 11.3 Å². The fraction of sp³-hybridized carbons (Fsp3) is 0.977. The minimum absolute atomic E-state index is 0.187. The molecule has 0 aliphatic heterocycles. The topological polar surface area (TPSA) is 87.0 Å². The second kappa shape index (κ2) is 35.7. The molecule has 0 aliphatic rings. The summed E-state index contributed by atoms with van der Waals surface area (Å²) in [5.41, 5.74) is -1.13. The van der Waals surface area contributed by atoms with E-state index in [1.807, 2.05) is 0 Å². The Balaban J connectivity index is 5.29. The van der Waals surface area contributed by atoms with Crippen LogP contribution in [0.25, 0.3) is 0 Å². The van der Waals surface area contributed by atoms with Crippen molar-refractivity contribution in [2.75, 3.05) is 26.4 Å². The first-order valence-corrected chi connectivity index (χ1v) is 22.5. The van der Waals surface area contributed by atoms with Gasteiger partial charge < -0.3 is 20.1 Å². The van der Waals surface area contributed by atoms with Gasteiger partial charge in [0.05, 0.1) is 32.3 Å². The summed E-state index contributed by atoms with van der Waals surface area (Å²) < 4.78 is 5.37. The molecule has 0 fully saturated rings. The quantitative estimate of drug-likeness (QED) is 0.0287. The summed E-state index contributed by atoms with van der Waals surface area (Å²) in [5, 5.41) is 30.8. The number of thiol groups is 1. The van der Waals surface area contributed by atoms with Crippen LogP contribution in [0.15, 0.2) is 0 Å². The van der Waals surface area contributed by atoms with E-state index in [1.54, 1.807) is 0 Å². The number of hydrogen-bond acceptors (Lipinski definition) is 6. The van der Waals surface area contributed by atoms with Crippen molar-refractivity contribution in [3.63, 3.8) is 0 Å². The highest BCUT2D eigenvalue weighted by Crippen LogP contribution is 2.43. The van der Waals surface area contributed by atoms with Gasteiger partial charge in [0.2, 0.25) is 0 Å². The molecule has 0 bridgehead atoms. The standard InChI is InChI=1S/C44H88O5S/c1-4-7-10-13-16-19-22-25-28-31-34-44(50,35-32-29-26-23-20-17-14-11-8-5-2)41(37-43(38-45,39-46)40-47)42(48)49-36-33-30-27-24-21-18-15-12-9-6-3/h41,45-47,50H,4-40H2,1-3H3. The van der Waals surface area contributed by atoms with Crippen LogP contribution < -0.4 is 0 Å². The normalized spacial score (nSPS) is 12.9. The number of carbonyl (C=O) groups excluding carboxylic acids is 1. The van der Waals surface area contributed by atoms with Crippen molar-refractivity contribution in [2.45, 2.75) is 237 Å². The molecule has 0 saturated heterocycles. The smallest absolute Gasteiger partial charge is 0.310 e. The molecule has 1 unspecified atom stereocenters. The van der Waals surface area contributed by atoms with Gasteiger partial charge >= 0.3 is 5.97 Å². The van der Waals surface area contributed by atoms with Crippen molar-refractivity contribution in [2.24, 2.45) is 11.3 Å². The third-order valence-electron chi connectivity index (χ3n) is 11.2. The average Bonchev–Trinajstić information content (AvgIpc) is 3.13. The van der Waals surface area contributed by atoms with Gasteiger partial charge in [0, 0.05) is 10.2 Å². The molecule has 0 saturated carbocycles. The van der Waals surface area contributed by atoms with Crippen LogP contribution in [-0.4, -0.2) is 52.5 Å². The number of hydrogen-bond donors (Lipinski definition) is 4. The molecular formula is C44H88O5S. The number of aliphatic hydroxyl groups excluding tert-OH is 3. The van der Waals surface area contributed by atoms with E-state index in [1.165, 1.54) is 154 Å². The second-order valence-corrected chi connectivity index (χ2v) is 16.9. The maximum absolute atomic E-state index is 13.9.